The fourth-order valence-corrected chi connectivity index (χ4v) is 2.18. The van der Waals surface area contributed by atoms with Crippen molar-refractivity contribution >= 4 is 34.0 Å². The molecule has 2 N–H and O–H groups in total. The quantitative estimate of drug-likeness (QED) is 0.465. The molecule has 0 bridgehead atoms. The molecule has 120 valence electrons. The molecule has 0 aromatic heterocycles. The molecule has 0 saturated heterocycles. The van der Waals surface area contributed by atoms with E-state index in [0.717, 1.165) is 0 Å². The largest absolute Gasteiger partial charge is 0.493 e. The molecular formula is C14H18BrN3O4. The van der Waals surface area contributed by atoms with E-state index in [1.54, 1.807) is 26.0 Å². The zero-order valence-corrected chi connectivity index (χ0v) is 14.4. The Labute approximate surface area is 137 Å². The number of nitrogens with zero attached hydrogens (tertiary/aromatic N) is 1. The molecule has 22 heavy (non-hydrogen) atoms. The molecule has 0 saturated carbocycles. The predicted molar refractivity (Wildman–Crippen MR) is 86.3 cm³/mol. The Morgan fingerprint density at radius 3 is 2.45 bits per heavy atom. The highest BCUT2D eigenvalue weighted by Gasteiger charge is 2.13. The van der Waals surface area contributed by atoms with Gasteiger partial charge in [-0.1, -0.05) is 0 Å². The van der Waals surface area contributed by atoms with Crippen LogP contribution < -0.4 is 20.2 Å². The Morgan fingerprint density at radius 1 is 1.23 bits per heavy atom. The minimum Gasteiger partial charge on any atom is -0.493 e. The number of hydrogen-bond donors (Lipinski definition) is 2. The van der Waals surface area contributed by atoms with Gasteiger partial charge in [0.2, 0.25) is 0 Å². The van der Waals surface area contributed by atoms with Crippen LogP contribution in [-0.4, -0.2) is 38.3 Å². The molecule has 1 aromatic carbocycles. The van der Waals surface area contributed by atoms with Crippen LogP contribution in [0.3, 0.4) is 0 Å². The second-order valence-electron chi connectivity index (χ2n) is 4.57. The number of carbonyl (C=O) groups excluding carboxylic acids is 2. The van der Waals surface area contributed by atoms with E-state index in [-0.39, 0.29) is 6.04 Å². The summed E-state index contributed by atoms with van der Waals surface area (Å²) in [5.74, 6) is -0.493. The first kappa shape index (κ1) is 18.0. The van der Waals surface area contributed by atoms with E-state index in [1.807, 2.05) is 0 Å². The first-order chi connectivity index (χ1) is 10.4. The molecule has 0 atom stereocenters. The summed E-state index contributed by atoms with van der Waals surface area (Å²) in [5.41, 5.74) is 2.81. The molecule has 0 aliphatic rings. The van der Waals surface area contributed by atoms with Gasteiger partial charge in [0, 0.05) is 6.04 Å². The fourth-order valence-electron chi connectivity index (χ4n) is 1.56. The minimum absolute atomic E-state index is 0.121. The Bertz CT molecular complexity index is 588. The molecule has 0 unspecified atom stereocenters. The van der Waals surface area contributed by atoms with Crippen molar-refractivity contribution in [2.45, 2.75) is 19.9 Å². The molecule has 0 spiro atoms. The second-order valence-corrected chi connectivity index (χ2v) is 5.42. The minimum atomic E-state index is -0.829. The van der Waals surface area contributed by atoms with Crippen molar-refractivity contribution in [1.82, 2.24) is 10.7 Å². The van der Waals surface area contributed by atoms with Gasteiger partial charge in [-0.15, -0.1) is 0 Å². The number of halogens is 1. The zero-order valence-electron chi connectivity index (χ0n) is 12.8. The summed E-state index contributed by atoms with van der Waals surface area (Å²) in [6.07, 6.45) is 1.40. The zero-order chi connectivity index (χ0) is 16.7. The SMILES string of the molecule is COc1cc(/C=N\NC(=O)C(=O)NC(C)C)cc(Br)c1OC. The summed E-state index contributed by atoms with van der Waals surface area (Å²) in [6, 6.07) is 3.31. The fraction of sp³-hybridized carbons (Fsp3) is 0.357. The van der Waals surface area contributed by atoms with Gasteiger partial charge in [0.05, 0.1) is 24.9 Å². The van der Waals surface area contributed by atoms with Crippen molar-refractivity contribution in [3.05, 3.63) is 22.2 Å². The van der Waals surface area contributed by atoms with Crippen LogP contribution in [0, 0.1) is 0 Å². The van der Waals surface area contributed by atoms with E-state index in [0.29, 0.717) is 21.5 Å². The van der Waals surface area contributed by atoms with E-state index in [1.165, 1.54) is 20.4 Å². The van der Waals surface area contributed by atoms with Crippen LogP contribution in [0.5, 0.6) is 11.5 Å². The number of methoxy groups -OCH3 is 2. The number of amides is 2. The van der Waals surface area contributed by atoms with Gasteiger partial charge in [0.25, 0.3) is 0 Å². The average molecular weight is 372 g/mol. The number of ether oxygens (including phenoxy) is 2. The molecule has 7 nitrogen and oxygen atoms in total. The molecule has 0 radical (unpaired) electrons. The van der Waals surface area contributed by atoms with Crippen molar-refractivity contribution in [2.24, 2.45) is 5.10 Å². The van der Waals surface area contributed by atoms with Gasteiger partial charge in [0.15, 0.2) is 11.5 Å². The lowest BCUT2D eigenvalue weighted by atomic mass is 10.2. The first-order valence-corrected chi connectivity index (χ1v) is 7.23. The van der Waals surface area contributed by atoms with Gasteiger partial charge in [-0.05, 0) is 47.5 Å². The number of benzene rings is 1. The summed E-state index contributed by atoms with van der Waals surface area (Å²) in [6.45, 7) is 3.52. The van der Waals surface area contributed by atoms with Gasteiger partial charge < -0.3 is 14.8 Å². The Balaban J connectivity index is 2.77. The summed E-state index contributed by atoms with van der Waals surface area (Å²) in [5, 5.41) is 6.20. The van der Waals surface area contributed by atoms with Crippen molar-refractivity contribution in [2.75, 3.05) is 14.2 Å². The van der Waals surface area contributed by atoms with Crippen LogP contribution in [0.1, 0.15) is 19.4 Å². The van der Waals surface area contributed by atoms with Crippen molar-refractivity contribution in [3.63, 3.8) is 0 Å². The molecule has 1 aromatic rings. The molecule has 8 heteroatoms. The number of hydrazone groups is 1. The maximum absolute atomic E-state index is 11.5. The van der Waals surface area contributed by atoms with Crippen LogP contribution in [0.4, 0.5) is 0 Å². The smallest absolute Gasteiger partial charge is 0.329 e. The normalized spacial score (nSPS) is 10.6. The topological polar surface area (TPSA) is 89.0 Å². The van der Waals surface area contributed by atoms with E-state index < -0.39 is 11.8 Å². The second kappa shape index (κ2) is 8.38. The van der Waals surface area contributed by atoms with Crippen molar-refractivity contribution in [3.8, 4) is 11.5 Å². The van der Waals surface area contributed by atoms with Crippen LogP contribution in [-0.2, 0) is 9.59 Å². The Kier molecular flexibility index (Phi) is 6.84. The molecular weight excluding hydrogens is 354 g/mol. The van der Waals surface area contributed by atoms with E-state index in [4.69, 9.17) is 9.47 Å². The third-order valence-electron chi connectivity index (χ3n) is 2.46. The summed E-state index contributed by atoms with van der Waals surface area (Å²) >= 11 is 3.35. The third-order valence-corrected chi connectivity index (χ3v) is 3.05. The van der Waals surface area contributed by atoms with Crippen molar-refractivity contribution < 1.29 is 19.1 Å². The maximum atomic E-state index is 11.5. The molecule has 2 amide bonds. The van der Waals surface area contributed by atoms with Crippen LogP contribution >= 0.6 is 15.9 Å². The van der Waals surface area contributed by atoms with Gasteiger partial charge in [-0.25, -0.2) is 5.43 Å². The van der Waals surface area contributed by atoms with E-state index in [9.17, 15) is 9.59 Å². The standard InChI is InChI=1S/C14H18BrN3O4/c1-8(2)17-13(19)14(20)18-16-7-9-5-10(15)12(22-4)11(6-9)21-3/h5-8H,1-4H3,(H,17,19)(H,18,20)/b16-7-. The van der Waals surface area contributed by atoms with Crippen LogP contribution in [0.25, 0.3) is 0 Å². The lowest BCUT2D eigenvalue weighted by molar-refractivity contribution is -0.139. The van der Waals surface area contributed by atoms with Crippen LogP contribution in [0.2, 0.25) is 0 Å². The first-order valence-electron chi connectivity index (χ1n) is 6.44. The van der Waals surface area contributed by atoms with Gasteiger partial charge in [0.1, 0.15) is 0 Å². The Morgan fingerprint density at radius 2 is 1.91 bits per heavy atom. The van der Waals surface area contributed by atoms with Gasteiger partial charge in [-0.2, -0.15) is 5.10 Å². The maximum Gasteiger partial charge on any atom is 0.329 e. The van der Waals surface area contributed by atoms with Crippen molar-refractivity contribution in [1.29, 1.82) is 0 Å². The highest BCUT2D eigenvalue weighted by molar-refractivity contribution is 9.10. The lowest BCUT2D eigenvalue weighted by Crippen LogP contribution is -2.41. The molecule has 0 aliphatic carbocycles. The highest BCUT2D eigenvalue weighted by atomic mass is 79.9. The third kappa shape index (κ3) is 5.03. The molecule has 0 aliphatic heterocycles. The Hall–Kier alpha value is -2.09. The monoisotopic (exact) mass is 371 g/mol. The summed E-state index contributed by atoms with van der Waals surface area (Å²) in [4.78, 5) is 22.9. The molecule has 1 rings (SSSR count). The number of carbonyl (C=O) groups is 2. The summed E-state index contributed by atoms with van der Waals surface area (Å²) < 4.78 is 11.1. The van der Waals surface area contributed by atoms with Gasteiger partial charge in [-0.3, -0.25) is 9.59 Å². The van der Waals surface area contributed by atoms with Gasteiger partial charge >= 0.3 is 11.8 Å². The number of nitrogens with one attached hydrogen (secondary N) is 2. The number of hydrogen-bond acceptors (Lipinski definition) is 5. The molecule has 0 heterocycles. The van der Waals surface area contributed by atoms with E-state index in [2.05, 4.69) is 31.8 Å². The van der Waals surface area contributed by atoms with Crippen LogP contribution in [0.15, 0.2) is 21.7 Å². The summed E-state index contributed by atoms with van der Waals surface area (Å²) in [7, 11) is 3.05. The average Bonchev–Trinajstić information content (AvgIpc) is 2.45. The molecule has 0 fully saturated rings. The predicted octanol–water partition coefficient (Wildman–Crippen LogP) is 1.44. The lowest BCUT2D eigenvalue weighted by Gasteiger charge is -2.10. The van der Waals surface area contributed by atoms with E-state index >= 15 is 0 Å². The highest BCUT2D eigenvalue weighted by Crippen LogP contribution is 2.35. The number of rotatable bonds is 5.